The number of nitrogens with one attached hydrogen (secondary N) is 2. The Hall–Kier alpha value is -1.63. The van der Waals surface area contributed by atoms with Crippen LogP contribution in [0.1, 0.15) is 17.5 Å². The largest absolute Gasteiger partial charge is 0.394 e. The fourth-order valence-corrected chi connectivity index (χ4v) is 0.714. The number of hydrogen-bond donors (Lipinski definition) is 4. The molecule has 0 saturated carbocycles. The zero-order valence-corrected chi connectivity index (χ0v) is 7.11. The van der Waals surface area contributed by atoms with Crippen LogP contribution in [0.5, 0.6) is 0 Å². The molecule has 0 bridgehead atoms. The monoisotopic (exact) mass is 185 g/mol. The van der Waals surface area contributed by atoms with E-state index in [0.717, 1.165) is 0 Å². The van der Waals surface area contributed by atoms with Crippen molar-refractivity contribution in [3.05, 3.63) is 5.82 Å². The van der Waals surface area contributed by atoms with Crippen LogP contribution in [0.4, 0.5) is 5.95 Å². The number of aromatic amines is 1. The first kappa shape index (κ1) is 9.46. The summed E-state index contributed by atoms with van der Waals surface area (Å²) >= 11 is 0. The lowest BCUT2D eigenvalue weighted by Gasteiger charge is -2.07. The molecule has 7 nitrogen and oxygen atoms in total. The van der Waals surface area contributed by atoms with Crippen molar-refractivity contribution in [1.29, 1.82) is 0 Å². The third-order valence-corrected chi connectivity index (χ3v) is 1.37. The zero-order valence-electron chi connectivity index (χ0n) is 7.11. The van der Waals surface area contributed by atoms with Crippen molar-refractivity contribution in [1.82, 2.24) is 20.5 Å². The third kappa shape index (κ3) is 2.41. The van der Waals surface area contributed by atoms with Gasteiger partial charge in [-0.2, -0.15) is 4.98 Å². The van der Waals surface area contributed by atoms with Crippen LogP contribution in [0.3, 0.4) is 0 Å². The SMILES string of the molecule is C[C@H](CO)NC(=O)c1nc(N)n[nH]1. The number of nitrogens with two attached hydrogens (primary N) is 1. The van der Waals surface area contributed by atoms with E-state index in [0.29, 0.717) is 0 Å². The molecule has 0 aliphatic rings. The predicted octanol–water partition coefficient (Wildman–Crippen LogP) is -1.50. The van der Waals surface area contributed by atoms with Crippen molar-refractivity contribution in [3.8, 4) is 0 Å². The second-order valence-electron chi connectivity index (χ2n) is 2.60. The van der Waals surface area contributed by atoms with E-state index in [4.69, 9.17) is 10.8 Å². The summed E-state index contributed by atoms with van der Waals surface area (Å²) in [4.78, 5) is 14.8. The molecule has 1 aromatic heterocycles. The lowest BCUT2D eigenvalue weighted by molar-refractivity contribution is 0.0912. The quantitative estimate of drug-likeness (QED) is 0.457. The van der Waals surface area contributed by atoms with Gasteiger partial charge in [0.1, 0.15) is 0 Å². The molecule has 1 rings (SSSR count). The summed E-state index contributed by atoms with van der Waals surface area (Å²) in [6.07, 6.45) is 0. The highest BCUT2D eigenvalue weighted by Crippen LogP contribution is 1.93. The van der Waals surface area contributed by atoms with Crippen LogP contribution in [0.15, 0.2) is 0 Å². The smallest absolute Gasteiger partial charge is 0.288 e. The Morgan fingerprint density at radius 2 is 2.54 bits per heavy atom. The molecular formula is C6H11N5O2. The second-order valence-corrected chi connectivity index (χ2v) is 2.60. The van der Waals surface area contributed by atoms with E-state index in [1.807, 2.05) is 0 Å². The van der Waals surface area contributed by atoms with E-state index in [1.54, 1.807) is 6.92 Å². The predicted molar refractivity (Wildman–Crippen MR) is 44.8 cm³/mol. The number of carbonyl (C=O) groups is 1. The normalized spacial score (nSPS) is 12.5. The molecule has 0 aromatic carbocycles. The molecule has 72 valence electrons. The van der Waals surface area contributed by atoms with Gasteiger partial charge in [-0.3, -0.25) is 9.89 Å². The van der Waals surface area contributed by atoms with Gasteiger partial charge in [0, 0.05) is 6.04 Å². The van der Waals surface area contributed by atoms with Gasteiger partial charge >= 0.3 is 0 Å². The van der Waals surface area contributed by atoms with Gasteiger partial charge in [0.15, 0.2) is 0 Å². The molecule has 0 aliphatic carbocycles. The van der Waals surface area contributed by atoms with Crippen molar-refractivity contribution >= 4 is 11.9 Å². The molecule has 1 amide bonds. The summed E-state index contributed by atoms with van der Waals surface area (Å²) in [5.41, 5.74) is 5.20. The van der Waals surface area contributed by atoms with E-state index in [2.05, 4.69) is 20.5 Å². The van der Waals surface area contributed by atoms with Crippen molar-refractivity contribution in [2.24, 2.45) is 0 Å². The number of aromatic nitrogens is 3. The Morgan fingerprint density at radius 3 is 3.00 bits per heavy atom. The van der Waals surface area contributed by atoms with E-state index in [1.165, 1.54) is 0 Å². The first-order chi connectivity index (χ1) is 6.13. The average molecular weight is 185 g/mol. The molecule has 1 aromatic rings. The molecular weight excluding hydrogens is 174 g/mol. The third-order valence-electron chi connectivity index (χ3n) is 1.37. The van der Waals surface area contributed by atoms with Crippen LogP contribution >= 0.6 is 0 Å². The van der Waals surface area contributed by atoms with E-state index in [-0.39, 0.29) is 24.4 Å². The van der Waals surface area contributed by atoms with Crippen molar-refractivity contribution in [2.45, 2.75) is 13.0 Å². The number of anilines is 1. The highest BCUT2D eigenvalue weighted by Gasteiger charge is 2.12. The molecule has 1 atom stereocenters. The highest BCUT2D eigenvalue weighted by atomic mass is 16.3. The molecule has 0 saturated heterocycles. The summed E-state index contributed by atoms with van der Waals surface area (Å²) < 4.78 is 0. The Morgan fingerprint density at radius 1 is 1.85 bits per heavy atom. The lowest BCUT2D eigenvalue weighted by Crippen LogP contribution is -2.35. The molecule has 0 radical (unpaired) electrons. The molecule has 7 heteroatoms. The molecule has 13 heavy (non-hydrogen) atoms. The van der Waals surface area contributed by atoms with E-state index < -0.39 is 5.91 Å². The maximum atomic E-state index is 11.2. The number of H-pyrrole nitrogens is 1. The van der Waals surface area contributed by atoms with Crippen molar-refractivity contribution in [2.75, 3.05) is 12.3 Å². The minimum absolute atomic E-state index is 0.0156. The Kier molecular flexibility index (Phi) is 2.80. The molecule has 0 unspecified atom stereocenters. The van der Waals surface area contributed by atoms with Crippen molar-refractivity contribution < 1.29 is 9.90 Å². The van der Waals surface area contributed by atoms with Gasteiger partial charge in [-0.25, -0.2) is 0 Å². The maximum absolute atomic E-state index is 11.2. The summed E-state index contributed by atoms with van der Waals surface area (Å²) in [7, 11) is 0. The number of aliphatic hydroxyl groups excluding tert-OH is 1. The van der Waals surface area contributed by atoms with Gasteiger partial charge in [0.2, 0.25) is 11.8 Å². The summed E-state index contributed by atoms with van der Waals surface area (Å²) in [6, 6.07) is -0.321. The number of amides is 1. The fraction of sp³-hybridized carbons (Fsp3) is 0.500. The first-order valence-corrected chi connectivity index (χ1v) is 3.73. The second kappa shape index (κ2) is 3.85. The van der Waals surface area contributed by atoms with Gasteiger partial charge in [0.25, 0.3) is 5.91 Å². The van der Waals surface area contributed by atoms with Gasteiger partial charge < -0.3 is 16.2 Å². The number of nitrogen functional groups attached to an aromatic ring is 1. The standard InChI is InChI=1S/C6H11N5O2/c1-3(2-12)8-5(13)4-9-6(7)11-10-4/h3,12H,2H2,1H3,(H,8,13)(H3,7,9,10,11)/t3-/m1/s1. The number of aliphatic hydroxyl groups is 1. The van der Waals surface area contributed by atoms with Crippen molar-refractivity contribution in [3.63, 3.8) is 0 Å². The zero-order chi connectivity index (χ0) is 9.84. The molecule has 1 heterocycles. The Bertz CT molecular complexity index is 297. The molecule has 0 fully saturated rings. The maximum Gasteiger partial charge on any atom is 0.288 e. The lowest BCUT2D eigenvalue weighted by atomic mass is 10.3. The van der Waals surface area contributed by atoms with Crippen LogP contribution < -0.4 is 11.1 Å². The molecule has 0 aliphatic heterocycles. The van der Waals surface area contributed by atoms with E-state index >= 15 is 0 Å². The van der Waals surface area contributed by atoms with Crippen LogP contribution in [0, 0.1) is 0 Å². The first-order valence-electron chi connectivity index (χ1n) is 3.73. The summed E-state index contributed by atoms with van der Waals surface area (Å²) in [5, 5.41) is 17.0. The number of rotatable bonds is 3. The van der Waals surface area contributed by atoms with Gasteiger partial charge in [0.05, 0.1) is 6.61 Å². The van der Waals surface area contributed by atoms with Crippen LogP contribution in [0.25, 0.3) is 0 Å². The number of nitrogens with zero attached hydrogens (tertiary/aromatic N) is 2. The Labute approximate surface area is 74.4 Å². The number of hydrogen-bond acceptors (Lipinski definition) is 5. The molecule has 5 N–H and O–H groups in total. The average Bonchev–Trinajstić information content (AvgIpc) is 2.51. The summed E-state index contributed by atoms with van der Waals surface area (Å²) in [5.74, 6) is -0.384. The van der Waals surface area contributed by atoms with Crippen LogP contribution in [0.2, 0.25) is 0 Å². The minimum atomic E-state index is -0.439. The fourth-order valence-electron chi connectivity index (χ4n) is 0.714. The van der Waals surface area contributed by atoms with Crippen LogP contribution in [-0.4, -0.2) is 38.8 Å². The van der Waals surface area contributed by atoms with Gasteiger partial charge in [-0.05, 0) is 6.92 Å². The highest BCUT2D eigenvalue weighted by molar-refractivity contribution is 5.90. The number of carbonyl (C=O) groups excluding carboxylic acids is 1. The molecule has 0 spiro atoms. The van der Waals surface area contributed by atoms with Gasteiger partial charge in [-0.1, -0.05) is 0 Å². The topological polar surface area (TPSA) is 117 Å². The van der Waals surface area contributed by atoms with Crippen LogP contribution in [-0.2, 0) is 0 Å². The summed E-state index contributed by atoms with van der Waals surface area (Å²) in [6.45, 7) is 1.53. The van der Waals surface area contributed by atoms with Gasteiger partial charge in [-0.15, -0.1) is 5.10 Å². The van der Waals surface area contributed by atoms with E-state index in [9.17, 15) is 4.79 Å². The minimum Gasteiger partial charge on any atom is -0.394 e. The Balaban J connectivity index is 2.58.